The maximum Gasteiger partial charge on any atom is 0.191 e. The van der Waals surface area contributed by atoms with E-state index in [1.807, 2.05) is 7.05 Å². The molecule has 0 unspecified atom stereocenters. The highest BCUT2D eigenvalue weighted by Gasteiger charge is 2.12. The molecule has 2 rings (SSSR count). The van der Waals surface area contributed by atoms with Crippen LogP contribution in [0.1, 0.15) is 33.3 Å². The zero-order chi connectivity index (χ0) is 18.2. The predicted molar refractivity (Wildman–Crippen MR) is 124 cm³/mol. The van der Waals surface area contributed by atoms with Crippen molar-refractivity contribution in [1.29, 1.82) is 0 Å². The fraction of sp³-hybridized carbons (Fsp3) is 0.550. The highest BCUT2D eigenvalue weighted by Crippen LogP contribution is 2.17. The lowest BCUT2D eigenvalue weighted by Gasteiger charge is -2.30. The second-order valence-corrected chi connectivity index (χ2v) is 6.96. The quantitative estimate of drug-likeness (QED) is 0.313. The number of hydrogen-bond donors (Lipinski definition) is 3. The Hall–Kier alpha value is -1.28. The molecule has 26 heavy (non-hydrogen) atoms. The number of H-pyrrole nitrogens is 1. The molecule has 5 nitrogen and oxygen atoms in total. The van der Waals surface area contributed by atoms with Gasteiger partial charge < -0.3 is 15.6 Å². The Bertz CT molecular complexity index is 670. The normalized spacial score (nSPS) is 12.1. The number of aromatic nitrogens is 1. The highest BCUT2D eigenvalue weighted by molar-refractivity contribution is 14.0. The molecule has 0 fully saturated rings. The van der Waals surface area contributed by atoms with E-state index < -0.39 is 0 Å². The van der Waals surface area contributed by atoms with Gasteiger partial charge in [-0.25, -0.2) is 0 Å². The fourth-order valence-corrected chi connectivity index (χ4v) is 3.29. The zero-order valence-electron chi connectivity index (χ0n) is 16.7. The number of rotatable bonds is 8. The van der Waals surface area contributed by atoms with Crippen molar-refractivity contribution in [3.05, 3.63) is 36.0 Å². The van der Waals surface area contributed by atoms with Crippen LogP contribution in [0.4, 0.5) is 0 Å². The van der Waals surface area contributed by atoms with Gasteiger partial charge in [0.1, 0.15) is 0 Å². The predicted octanol–water partition coefficient (Wildman–Crippen LogP) is 3.61. The van der Waals surface area contributed by atoms with Gasteiger partial charge in [-0.15, -0.1) is 24.0 Å². The maximum absolute atomic E-state index is 4.32. The number of hydrogen-bond acceptors (Lipinski definition) is 2. The first kappa shape index (κ1) is 22.8. The standard InChI is InChI=1S/C20H33N5.HI/c1-15(2)25(16(3)4)13-12-23-20(21-5)22-11-10-17-14-24-19-9-7-6-8-18(17)19;/h6-9,14-16,24H,10-13H2,1-5H3,(H2,21,22,23);1H. The Labute approximate surface area is 175 Å². The number of nitrogens with zero attached hydrogens (tertiary/aromatic N) is 2. The van der Waals surface area contributed by atoms with Gasteiger partial charge in [0.15, 0.2) is 5.96 Å². The van der Waals surface area contributed by atoms with Crippen LogP contribution in [-0.2, 0) is 6.42 Å². The molecule has 0 saturated heterocycles. The van der Waals surface area contributed by atoms with Crippen LogP contribution in [-0.4, -0.2) is 54.6 Å². The lowest BCUT2D eigenvalue weighted by Crippen LogP contribution is -2.45. The third-order valence-corrected chi connectivity index (χ3v) is 4.57. The molecule has 0 aliphatic rings. The van der Waals surface area contributed by atoms with Crippen LogP contribution in [0.3, 0.4) is 0 Å². The molecule has 0 aliphatic heterocycles. The van der Waals surface area contributed by atoms with E-state index in [1.165, 1.54) is 16.5 Å². The number of para-hydroxylation sites is 1. The molecule has 1 aromatic carbocycles. The van der Waals surface area contributed by atoms with E-state index in [0.717, 1.165) is 32.0 Å². The van der Waals surface area contributed by atoms with Crippen molar-refractivity contribution in [3.63, 3.8) is 0 Å². The molecule has 0 spiro atoms. The summed E-state index contributed by atoms with van der Waals surface area (Å²) in [6.45, 7) is 11.7. The molecule has 1 heterocycles. The van der Waals surface area contributed by atoms with Gasteiger partial charge in [-0.3, -0.25) is 9.89 Å². The Morgan fingerprint density at radius 3 is 2.38 bits per heavy atom. The molecule has 6 heteroatoms. The number of nitrogens with one attached hydrogen (secondary N) is 3. The van der Waals surface area contributed by atoms with E-state index >= 15 is 0 Å². The maximum atomic E-state index is 4.32. The Kier molecular flexibility index (Phi) is 10.0. The molecule has 0 atom stereocenters. The first-order valence-corrected chi connectivity index (χ1v) is 9.28. The monoisotopic (exact) mass is 471 g/mol. The molecule has 0 aliphatic carbocycles. The number of guanidine groups is 1. The number of aromatic amines is 1. The Morgan fingerprint density at radius 2 is 1.73 bits per heavy atom. The minimum Gasteiger partial charge on any atom is -0.361 e. The smallest absolute Gasteiger partial charge is 0.191 e. The van der Waals surface area contributed by atoms with Crippen LogP contribution >= 0.6 is 24.0 Å². The minimum atomic E-state index is 0. The van der Waals surface area contributed by atoms with Crippen LogP contribution < -0.4 is 10.6 Å². The average Bonchev–Trinajstić information content (AvgIpc) is 2.99. The third kappa shape index (κ3) is 6.46. The highest BCUT2D eigenvalue weighted by atomic mass is 127. The van der Waals surface area contributed by atoms with E-state index in [-0.39, 0.29) is 24.0 Å². The summed E-state index contributed by atoms with van der Waals surface area (Å²) in [6.07, 6.45) is 3.07. The molecule has 1 aromatic heterocycles. The molecular formula is C20H34IN5. The average molecular weight is 471 g/mol. The molecule has 2 aromatic rings. The number of halogens is 1. The third-order valence-electron chi connectivity index (χ3n) is 4.57. The van der Waals surface area contributed by atoms with Crippen LogP contribution in [0.15, 0.2) is 35.5 Å². The summed E-state index contributed by atoms with van der Waals surface area (Å²) in [5, 5.41) is 8.13. The summed E-state index contributed by atoms with van der Waals surface area (Å²) in [7, 11) is 1.82. The van der Waals surface area contributed by atoms with E-state index in [2.05, 4.69) is 83.7 Å². The first-order valence-electron chi connectivity index (χ1n) is 9.28. The van der Waals surface area contributed by atoms with Crippen molar-refractivity contribution in [3.8, 4) is 0 Å². The Morgan fingerprint density at radius 1 is 1.08 bits per heavy atom. The molecular weight excluding hydrogens is 437 g/mol. The van der Waals surface area contributed by atoms with Gasteiger partial charge in [0.25, 0.3) is 0 Å². The number of benzene rings is 1. The molecule has 3 N–H and O–H groups in total. The van der Waals surface area contributed by atoms with Gasteiger partial charge >= 0.3 is 0 Å². The van der Waals surface area contributed by atoms with E-state index in [9.17, 15) is 0 Å². The van der Waals surface area contributed by atoms with E-state index in [1.54, 1.807) is 0 Å². The first-order chi connectivity index (χ1) is 12.0. The summed E-state index contributed by atoms with van der Waals surface area (Å²) < 4.78 is 0. The van der Waals surface area contributed by atoms with Gasteiger partial charge in [0, 0.05) is 55.9 Å². The van der Waals surface area contributed by atoms with E-state index in [0.29, 0.717) is 12.1 Å². The second-order valence-electron chi connectivity index (χ2n) is 6.96. The number of fused-ring (bicyclic) bond motifs is 1. The number of aliphatic imine (C=N–C) groups is 1. The molecule has 0 saturated carbocycles. The Balaban J connectivity index is 0.00000338. The van der Waals surface area contributed by atoms with Crippen molar-refractivity contribution in [2.24, 2.45) is 4.99 Å². The van der Waals surface area contributed by atoms with Crippen LogP contribution in [0, 0.1) is 0 Å². The summed E-state index contributed by atoms with van der Waals surface area (Å²) in [6, 6.07) is 9.53. The molecule has 146 valence electrons. The van der Waals surface area contributed by atoms with E-state index in [4.69, 9.17) is 0 Å². The molecule has 0 radical (unpaired) electrons. The van der Waals surface area contributed by atoms with Crippen molar-refractivity contribution < 1.29 is 0 Å². The molecule has 0 bridgehead atoms. The van der Waals surface area contributed by atoms with Crippen LogP contribution in [0.2, 0.25) is 0 Å². The topological polar surface area (TPSA) is 55.5 Å². The zero-order valence-corrected chi connectivity index (χ0v) is 19.0. The lowest BCUT2D eigenvalue weighted by atomic mass is 10.1. The van der Waals surface area contributed by atoms with Gasteiger partial charge in [-0.05, 0) is 45.7 Å². The summed E-state index contributed by atoms with van der Waals surface area (Å²) in [5.41, 5.74) is 2.53. The van der Waals surface area contributed by atoms with Crippen LogP contribution in [0.5, 0.6) is 0 Å². The minimum absolute atomic E-state index is 0. The van der Waals surface area contributed by atoms with Crippen molar-refractivity contribution >= 4 is 40.8 Å². The second kappa shape index (κ2) is 11.4. The van der Waals surface area contributed by atoms with Gasteiger partial charge in [-0.2, -0.15) is 0 Å². The van der Waals surface area contributed by atoms with Gasteiger partial charge in [-0.1, -0.05) is 18.2 Å². The summed E-state index contributed by atoms with van der Waals surface area (Å²) in [4.78, 5) is 10.1. The summed E-state index contributed by atoms with van der Waals surface area (Å²) in [5.74, 6) is 0.868. The van der Waals surface area contributed by atoms with Crippen molar-refractivity contribution in [2.75, 3.05) is 26.7 Å². The largest absolute Gasteiger partial charge is 0.361 e. The fourth-order valence-electron chi connectivity index (χ4n) is 3.29. The lowest BCUT2D eigenvalue weighted by molar-refractivity contribution is 0.178. The van der Waals surface area contributed by atoms with Gasteiger partial charge in [0.2, 0.25) is 0 Å². The SMILES string of the molecule is CN=C(NCCc1c[nH]c2ccccc12)NCCN(C(C)C)C(C)C.I. The summed E-state index contributed by atoms with van der Waals surface area (Å²) >= 11 is 0. The van der Waals surface area contributed by atoms with Crippen molar-refractivity contribution in [1.82, 2.24) is 20.5 Å². The van der Waals surface area contributed by atoms with Gasteiger partial charge in [0.05, 0.1) is 0 Å². The van der Waals surface area contributed by atoms with Crippen molar-refractivity contribution in [2.45, 2.75) is 46.2 Å². The van der Waals surface area contributed by atoms with Crippen LogP contribution in [0.25, 0.3) is 10.9 Å². The molecule has 0 amide bonds.